The molecule has 36 heavy (non-hydrogen) atoms. The van der Waals surface area contributed by atoms with Crippen molar-refractivity contribution >= 4 is 33.3 Å². The SMILES string of the molecule is COc1ccc(CN(C(=O)CN(c2cccc(C(C)=O)c2)S(C)(=O)=O)C(C)C(=O)NCC(C)C)cc1. The van der Waals surface area contributed by atoms with Gasteiger partial charge < -0.3 is 15.0 Å². The Balaban J connectivity index is 2.40. The molecule has 0 fully saturated rings. The van der Waals surface area contributed by atoms with Gasteiger partial charge in [-0.25, -0.2) is 8.42 Å². The molecule has 0 heterocycles. The normalized spacial score (nSPS) is 12.1. The van der Waals surface area contributed by atoms with Gasteiger partial charge in [0.2, 0.25) is 21.8 Å². The van der Waals surface area contributed by atoms with Crippen LogP contribution in [0, 0.1) is 5.92 Å². The van der Waals surface area contributed by atoms with Crippen LogP contribution in [-0.4, -0.2) is 63.4 Å². The molecule has 0 aliphatic carbocycles. The number of hydrogen-bond acceptors (Lipinski definition) is 6. The molecule has 9 nitrogen and oxygen atoms in total. The van der Waals surface area contributed by atoms with Gasteiger partial charge in [-0.1, -0.05) is 38.1 Å². The van der Waals surface area contributed by atoms with Crippen LogP contribution in [0.5, 0.6) is 5.75 Å². The predicted molar refractivity (Wildman–Crippen MR) is 139 cm³/mol. The second-order valence-corrected chi connectivity index (χ2v) is 11.0. The molecule has 0 spiro atoms. The molecule has 0 saturated heterocycles. The fourth-order valence-electron chi connectivity index (χ4n) is 3.46. The zero-order valence-corrected chi connectivity index (χ0v) is 22.5. The van der Waals surface area contributed by atoms with Crippen LogP contribution in [-0.2, 0) is 26.2 Å². The van der Waals surface area contributed by atoms with E-state index in [9.17, 15) is 22.8 Å². The number of carbonyl (C=O) groups is 3. The average molecular weight is 518 g/mol. The smallest absolute Gasteiger partial charge is 0.244 e. The zero-order valence-electron chi connectivity index (χ0n) is 21.6. The van der Waals surface area contributed by atoms with E-state index in [0.29, 0.717) is 17.9 Å². The van der Waals surface area contributed by atoms with Gasteiger partial charge in [-0.3, -0.25) is 18.7 Å². The van der Waals surface area contributed by atoms with Crippen molar-refractivity contribution in [3.05, 3.63) is 59.7 Å². The Morgan fingerprint density at radius 3 is 2.19 bits per heavy atom. The van der Waals surface area contributed by atoms with E-state index >= 15 is 0 Å². The van der Waals surface area contributed by atoms with Crippen LogP contribution >= 0.6 is 0 Å². The Kier molecular flexibility index (Phi) is 10.0. The summed E-state index contributed by atoms with van der Waals surface area (Å²) in [6, 6.07) is 12.3. The summed E-state index contributed by atoms with van der Waals surface area (Å²) in [5.74, 6) is -0.256. The monoisotopic (exact) mass is 517 g/mol. The lowest BCUT2D eigenvalue weighted by molar-refractivity contribution is -0.139. The Hall–Kier alpha value is -3.40. The first-order valence-electron chi connectivity index (χ1n) is 11.6. The van der Waals surface area contributed by atoms with Crippen molar-refractivity contribution in [2.45, 2.75) is 40.3 Å². The molecule has 2 amide bonds. The Bertz CT molecular complexity index is 1180. The summed E-state index contributed by atoms with van der Waals surface area (Å²) in [6.45, 7) is 6.92. The van der Waals surface area contributed by atoms with Gasteiger partial charge >= 0.3 is 0 Å². The van der Waals surface area contributed by atoms with E-state index < -0.39 is 28.5 Å². The number of nitrogens with one attached hydrogen (secondary N) is 1. The number of Topliss-reactive ketones (excluding diaryl/α,β-unsaturated/α-hetero) is 1. The second kappa shape index (κ2) is 12.5. The fourth-order valence-corrected chi connectivity index (χ4v) is 4.30. The van der Waals surface area contributed by atoms with Crippen LogP contribution in [0.2, 0.25) is 0 Å². The molecule has 1 unspecified atom stereocenters. The Labute approximate surface area is 213 Å². The molecular weight excluding hydrogens is 482 g/mol. The van der Waals surface area contributed by atoms with Gasteiger partial charge in [-0.05, 0) is 49.6 Å². The van der Waals surface area contributed by atoms with E-state index in [1.165, 1.54) is 24.0 Å². The molecule has 0 aliphatic heterocycles. The molecule has 0 saturated carbocycles. The first-order valence-corrected chi connectivity index (χ1v) is 13.5. The second-order valence-electron chi connectivity index (χ2n) is 9.06. The molecule has 0 aromatic heterocycles. The predicted octanol–water partition coefficient (Wildman–Crippen LogP) is 2.85. The molecule has 1 N–H and O–H groups in total. The minimum atomic E-state index is -3.88. The van der Waals surface area contributed by atoms with Crippen molar-refractivity contribution in [1.29, 1.82) is 0 Å². The van der Waals surface area contributed by atoms with Crippen LogP contribution in [0.3, 0.4) is 0 Å². The number of methoxy groups -OCH3 is 1. The molecule has 2 aromatic carbocycles. The number of nitrogens with zero attached hydrogens (tertiary/aromatic N) is 2. The molecule has 10 heteroatoms. The molecule has 0 radical (unpaired) electrons. The molecule has 0 bridgehead atoms. The number of amides is 2. The number of benzene rings is 2. The first kappa shape index (κ1) is 28.8. The van der Waals surface area contributed by atoms with Crippen LogP contribution in [0.4, 0.5) is 5.69 Å². The van der Waals surface area contributed by atoms with Gasteiger partial charge in [-0.15, -0.1) is 0 Å². The van der Waals surface area contributed by atoms with Crippen molar-refractivity contribution in [2.75, 3.05) is 30.8 Å². The average Bonchev–Trinajstić information content (AvgIpc) is 2.83. The molecular formula is C26H35N3O6S. The largest absolute Gasteiger partial charge is 0.497 e. The van der Waals surface area contributed by atoms with E-state index in [1.54, 1.807) is 50.4 Å². The highest BCUT2D eigenvalue weighted by Crippen LogP contribution is 2.21. The topological polar surface area (TPSA) is 113 Å². The van der Waals surface area contributed by atoms with Gasteiger partial charge in [0.25, 0.3) is 0 Å². The van der Waals surface area contributed by atoms with Crippen LogP contribution in [0.25, 0.3) is 0 Å². The third-order valence-electron chi connectivity index (χ3n) is 5.58. The number of hydrogen-bond donors (Lipinski definition) is 1. The zero-order chi connectivity index (χ0) is 27.0. The Morgan fingerprint density at radius 1 is 1.03 bits per heavy atom. The number of ketones is 1. The summed E-state index contributed by atoms with van der Waals surface area (Å²) in [7, 11) is -2.33. The van der Waals surface area contributed by atoms with E-state index in [0.717, 1.165) is 16.1 Å². The minimum absolute atomic E-state index is 0.0875. The maximum absolute atomic E-state index is 13.6. The van der Waals surface area contributed by atoms with Crippen LogP contribution < -0.4 is 14.4 Å². The van der Waals surface area contributed by atoms with Gasteiger partial charge in [-0.2, -0.15) is 0 Å². The highest BCUT2D eigenvalue weighted by Gasteiger charge is 2.30. The minimum Gasteiger partial charge on any atom is -0.497 e. The van der Waals surface area contributed by atoms with Crippen molar-refractivity contribution in [3.63, 3.8) is 0 Å². The number of carbonyl (C=O) groups excluding carboxylic acids is 3. The van der Waals surface area contributed by atoms with E-state index in [2.05, 4.69) is 5.32 Å². The van der Waals surface area contributed by atoms with E-state index in [-0.39, 0.29) is 29.8 Å². The van der Waals surface area contributed by atoms with Gasteiger partial charge in [0.15, 0.2) is 5.78 Å². The third-order valence-corrected chi connectivity index (χ3v) is 6.72. The molecule has 0 aliphatic rings. The summed E-state index contributed by atoms with van der Waals surface area (Å²) in [5.41, 5.74) is 1.27. The maximum atomic E-state index is 13.6. The standard InChI is InChI=1S/C26H35N3O6S/c1-18(2)15-27-26(32)19(3)28(16-21-10-12-24(35-5)13-11-21)25(31)17-29(36(6,33)34)23-9-7-8-22(14-23)20(4)30/h7-14,18-19H,15-17H2,1-6H3,(H,27,32). The summed E-state index contributed by atoms with van der Waals surface area (Å²) in [6.07, 6.45) is 0.993. The molecule has 1 atom stereocenters. The quantitative estimate of drug-likeness (QED) is 0.433. The molecule has 2 aromatic rings. The lowest BCUT2D eigenvalue weighted by atomic mass is 10.1. The highest BCUT2D eigenvalue weighted by molar-refractivity contribution is 7.92. The van der Waals surface area contributed by atoms with Gasteiger partial charge in [0, 0.05) is 18.7 Å². The third kappa shape index (κ3) is 8.08. The highest BCUT2D eigenvalue weighted by atomic mass is 32.2. The number of ether oxygens (including phenoxy) is 1. The maximum Gasteiger partial charge on any atom is 0.244 e. The van der Waals surface area contributed by atoms with Gasteiger partial charge in [0.05, 0.1) is 19.1 Å². The fraction of sp³-hybridized carbons (Fsp3) is 0.423. The summed E-state index contributed by atoms with van der Waals surface area (Å²) in [4.78, 5) is 39.6. The number of sulfonamides is 1. The van der Waals surface area contributed by atoms with Crippen molar-refractivity contribution in [3.8, 4) is 5.75 Å². The summed E-state index contributed by atoms with van der Waals surface area (Å²) in [5, 5.41) is 2.83. The van der Waals surface area contributed by atoms with Crippen LogP contribution in [0.1, 0.15) is 43.6 Å². The molecule has 196 valence electrons. The van der Waals surface area contributed by atoms with Gasteiger partial charge in [0.1, 0.15) is 18.3 Å². The summed E-state index contributed by atoms with van der Waals surface area (Å²) < 4.78 is 31.4. The van der Waals surface area contributed by atoms with Crippen molar-refractivity contribution in [1.82, 2.24) is 10.2 Å². The first-order chi connectivity index (χ1) is 16.8. The molecule has 2 rings (SSSR count). The Morgan fingerprint density at radius 2 is 1.67 bits per heavy atom. The van der Waals surface area contributed by atoms with Crippen molar-refractivity contribution < 1.29 is 27.5 Å². The lowest BCUT2D eigenvalue weighted by Crippen LogP contribution is -2.51. The number of anilines is 1. The van der Waals surface area contributed by atoms with E-state index in [1.807, 2.05) is 13.8 Å². The van der Waals surface area contributed by atoms with Crippen LogP contribution in [0.15, 0.2) is 48.5 Å². The number of rotatable bonds is 12. The lowest BCUT2D eigenvalue weighted by Gasteiger charge is -2.31. The van der Waals surface area contributed by atoms with Crippen molar-refractivity contribution in [2.24, 2.45) is 5.92 Å². The van der Waals surface area contributed by atoms with E-state index in [4.69, 9.17) is 4.74 Å². The summed E-state index contributed by atoms with van der Waals surface area (Å²) >= 11 is 0.